The van der Waals surface area contributed by atoms with Gasteiger partial charge in [0.05, 0.1) is 13.2 Å². The molecular formula is C7H15NO9P2. The van der Waals surface area contributed by atoms with Gasteiger partial charge in [-0.3, -0.25) is 13.9 Å². The molecule has 112 valence electrons. The number of carboxylic acids is 1. The van der Waals surface area contributed by atoms with Crippen LogP contribution in [0.25, 0.3) is 0 Å². The van der Waals surface area contributed by atoms with Crippen LogP contribution in [0.3, 0.4) is 0 Å². The van der Waals surface area contributed by atoms with Gasteiger partial charge in [0, 0.05) is 0 Å². The fourth-order valence-corrected chi connectivity index (χ4v) is 4.04. The van der Waals surface area contributed by atoms with Crippen molar-refractivity contribution in [2.24, 2.45) is 0 Å². The first-order valence-electron chi connectivity index (χ1n) is 5.05. The second kappa shape index (κ2) is 7.14. The Balaban J connectivity index is 5.61. The third kappa shape index (κ3) is 4.68. The Kier molecular flexibility index (Phi) is 6.85. The zero-order valence-corrected chi connectivity index (χ0v) is 12.0. The number of hydrogen-bond donors (Lipinski definition) is 3. The standard InChI is InChI=1S/C7H15NO9P2/c1-3-16-18(12,13)6(7(10)11)8(5-9)19(14,15)17-4-2/h5-6H,3-4H2,1-2H3,(H,10,11)(H,12,13)(H,14,15)/t6-/m0/s1. The van der Waals surface area contributed by atoms with Crippen LogP contribution in [0, 0.1) is 0 Å². The molecule has 0 saturated carbocycles. The summed E-state index contributed by atoms with van der Waals surface area (Å²) in [5, 5.41) is 8.87. The number of carbonyl (C=O) groups is 2. The number of carboxylic acid groups (broad SMARTS) is 1. The maximum absolute atomic E-state index is 11.7. The Labute approximate surface area is 109 Å². The molecule has 0 aliphatic heterocycles. The van der Waals surface area contributed by atoms with Crippen molar-refractivity contribution in [1.29, 1.82) is 0 Å². The van der Waals surface area contributed by atoms with E-state index in [-0.39, 0.29) is 24.3 Å². The molecule has 2 unspecified atom stereocenters. The summed E-state index contributed by atoms with van der Waals surface area (Å²) in [6.07, 6.45) is -0.350. The van der Waals surface area contributed by atoms with Gasteiger partial charge in [-0.25, -0.2) is 14.0 Å². The second-order valence-electron chi connectivity index (χ2n) is 3.09. The summed E-state index contributed by atoms with van der Waals surface area (Å²) in [4.78, 5) is 40.6. The van der Waals surface area contributed by atoms with Crippen LogP contribution in [0.5, 0.6) is 0 Å². The van der Waals surface area contributed by atoms with Gasteiger partial charge in [0.2, 0.25) is 12.2 Å². The van der Waals surface area contributed by atoms with E-state index in [1.54, 1.807) is 0 Å². The molecule has 19 heavy (non-hydrogen) atoms. The highest BCUT2D eigenvalue weighted by molar-refractivity contribution is 7.57. The van der Waals surface area contributed by atoms with E-state index >= 15 is 0 Å². The van der Waals surface area contributed by atoms with Crippen molar-refractivity contribution in [1.82, 2.24) is 4.67 Å². The lowest BCUT2D eigenvalue weighted by Crippen LogP contribution is -2.39. The molecule has 0 rings (SSSR count). The Morgan fingerprint density at radius 1 is 1.26 bits per heavy atom. The summed E-state index contributed by atoms with van der Waals surface area (Å²) in [7, 11) is -9.73. The zero-order valence-electron chi connectivity index (χ0n) is 10.2. The Morgan fingerprint density at radius 2 is 1.74 bits per heavy atom. The molecule has 0 aliphatic carbocycles. The van der Waals surface area contributed by atoms with Crippen LogP contribution >= 0.6 is 15.3 Å². The van der Waals surface area contributed by atoms with E-state index in [9.17, 15) is 28.5 Å². The monoisotopic (exact) mass is 319 g/mol. The fraction of sp³-hybridized carbons (Fsp3) is 0.714. The highest BCUT2D eigenvalue weighted by Crippen LogP contribution is 2.57. The molecule has 0 heterocycles. The minimum Gasteiger partial charge on any atom is -0.479 e. The first-order chi connectivity index (χ1) is 8.64. The molecule has 0 saturated heterocycles. The van der Waals surface area contributed by atoms with Gasteiger partial charge in [-0.2, -0.15) is 0 Å². The molecule has 3 N–H and O–H groups in total. The normalized spacial score (nSPS) is 18.9. The van der Waals surface area contributed by atoms with Crippen LogP contribution in [0.15, 0.2) is 0 Å². The van der Waals surface area contributed by atoms with Gasteiger partial charge in [-0.05, 0) is 13.8 Å². The van der Waals surface area contributed by atoms with Crippen molar-refractivity contribution in [2.75, 3.05) is 13.2 Å². The molecule has 0 bridgehead atoms. The molecule has 0 aromatic carbocycles. The number of hydrogen-bond acceptors (Lipinski definition) is 6. The largest absolute Gasteiger partial charge is 0.479 e. The van der Waals surface area contributed by atoms with E-state index in [2.05, 4.69) is 9.05 Å². The molecule has 3 atom stereocenters. The first kappa shape index (κ1) is 18.2. The molecule has 10 nitrogen and oxygen atoms in total. The summed E-state index contributed by atoms with van der Waals surface area (Å²) in [5.74, 6) is -4.51. The van der Waals surface area contributed by atoms with E-state index in [1.807, 2.05) is 0 Å². The van der Waals surface area contributed by atoms with Crippen molar-refractivity contribution in [3.05, 3.63) is 0 Å². The lowest BCUT2D eigenvalue weighted by atomic mass is 10.6. The molecule has 0 radical (unpaired) electrons. The van der Waals surface area contributed by atoms with Crippen LogP contribution in [0.2, 0.25) is 0 Å². The van der Waals surface area contributed by atoms with Gasteiger partial charge in [0.1, 0.15) is 0 Å². The smallest absolute Gasteiger partial charge is 0.436 e. The highest BCUT2D eigenvalue weighted by atomic mass is 31.2. The van der Waals surface area contributed by atoms with E-state index in [0.717, 1.165) is 0 Å². The van der Waals surface area contributed by atoms with Crippen molar-refractivity contribution >= 4 is 27.7 Å². The maximum Gasteiger partial charge on any atom is 0.436 e. The molecule has 1 amide bonds. The van der Waals surface area contributed by atoms with Crippen LogP contribution in [0.1, 0.15) is 13.8 Å². The van der Waals surface area contributed by atoms with Gasteiger partial charge in [0.25, 0.3) is 0 Å². The predicted octanol–water partition coefficient (Wildman–Crippen LogP) is 0.214. The lowest BCUT2D eigenvalue weighted by Gasteiger charge is -2.29. The fourth-order valence-electron chi connectivity index (χ4n) is 1.15. The third-order valence-corrected chi connectivity index (χ3v) is 5.19. The maximum atomic E-state index is 11.7. The first-order valence-corrected chi connectivity index (χ1v) is 8.23. The summed E-state index contributed by atoms with van der Waals surface area (Å²) in [5.41, 5.74) is 0. The molecular weight excluding hydrogens is 304 g/mol. The molecule has 0 spiro atoms. The quantitative estimate of drug-likeness (QED) is 0.400. The molecule has 0 fully saturated rings. The molecule has 0 aromatic rings. The van der Waals surface area contributed by atoms with E-state index in [0.29, 0.717) is 0 Å². The van der Waals surface area contributed by atoms with E-state index in [4.69, 9.17) is 5.11 Å². The Hall–Kier alpha value is -0.760. The SMILES string of the molecule is CCOP(=O)(O)[C@@H](C(=O)O)N(C=O)P(=O)(O)OCC. The van der Waals surface area contributed by atoms with Crippen molar-refractivity contribution in [2.45, 2.75) is 19.6 Å². The van der Waals surface area contributed by atoms with Crippen molar-refractivity contribution < 1.29 is 42.7 Å². The average molecular weight is 319 g/mol. The topological polar surface area (TPSA) is 151 Å². The number of carbonyl (C=O) groups excluding carboxylic acids is 1. The summed E-state index contributed by atoms with van der Waals surface area (Å²) in [6, 6.07) is 0. The van der Waals surface area contributed by atoms with Gasteiger partial charge < -0.3 is 19.4 Å². The van der Waals surface area contributed by atoms with Crippen LogP contribution in [-0.4, -0.2) is 50.9 Å². The van der Waals surface area contributed by atoms with Gasteiger partial charge in [-0.15, -0.1) is 0 Å². The van der Waals surface area contributed by atoms with Crippen molar-refractivity contribution in [3.8, 4) is 0 Å². The summed E-state index contributed by atoms with van der Waals surface area (Å²) < 4.78 is 31.7. The predicted molar refractivity (Wildman–Crippen MR) is 62.2 cm³/mol. The summed E-state index contributed by atoms with van der Waals surface area (Å²) in [6.45, 7) is 2.00. The molecule has 0 aliphatic rings. The average Bonchev–Trinajstić information content (AvgIpc) is 2.23. The summed E-state index contributed by atoms with van der Waals surface area (Å²) >= 11 is 0. The lowest BCUT2D eigenvalue weighted by molar-refractivity contribution is -0.141. The minimum absolute atomic E-state index is 0.255. The van der Waals surface area contributed by atoms with Gasteiger partial charge >= 0.3 is 21.3 Å². The zero-order chi connectivity index (χ0) is 15.3. The van der Waals surface area contributed by atoms with Crippen molar-refractivity contribution in [3.63, 3.8) is 0 Å². The second-order valence-corrected chi connectivity index (χ2v) is 6.66. The number of aliphatic carboxylic acids is 1. The highest BCUT2D eigenvalue weighted by Gasteiger charge is 2.50. The number of amides is 1. The van der Waals surface area contributed by atoms with Crippen LogP contribution in [0.4, 0.5) is 0 Å². The van der Waals surface area contributed by atoms with E-state index < -0.39 is 27.1 Å². The number of nitrogens with zero attached hydrogens (tertiary/aromatic N) is 1. The van der Waals surface area contributed by atoms with Gasteiger partial charge in [0.15, 0.2) is 0 Å². The van der Waals surface area contributed by atoms with Gasteiger partial charge in [-0.1, -0.05) is 0 Å². The third-order valence-electron chi connectivity index (χ3n) is 1.79. The minimum atomic E-state index is -4.87. The molecule has 12 heteroatoms. The van der Waals surface area contributed by atoms with Crippen LogP contribution in [-0.2, 0) is 27.8 Å². The van der Waals surface area contributed by atoms with E-state index in [1.165, 1.54) is 13.8 Å². The Bertz CT molecular complexity index is 425. The number of rotatable bonds is 9. The Morgan fingerprint density at radius 3 is 2.05 bits per heavy atom. The molecule has 0 aromatic heterocycles. The van der Waals surface area contributed by atoms with Crippen LogP contribution < -0.4 is 0 Å².